The molecule has 6 nitrogen and oxygen atoms in total. The maximum Gasteiger partial charge on any atom is 0.332 e. The second kappa shape index (κ2) is 4.74. The molecule has 1 N–H and O–H groups in total. The predicted molar refractivity (Wildman–Crippen MR) is 67.8 cm³/mol. The molecule has 1 heterocycles. The molecule has 108 valence electrons. The van der Waals surface area contributed by atoms with E-state index in [2.05, 4.69) is 5.32 Å². The zero-order valence-corrected chi connectivity index (χ0v) is 11.1. The summed E-state index contributed by atoms with van der Waals surface area (Å²) in [6.45, 7) is 0.199. The van der Waals surface area contributed by atoms with Crippen molar-refractivity contribution in [1.29, 1.82) is 5.26 Å². The monoisotopic (exact) mass is 284 g/mol. The summed E-state index contributed by atoms with van der Waals surface area (Å²) in [4.78, 5) is 23.6. The van der Waals surface area contributed by atoms with Crippen LogP contribution in [-0.4, -0.2) is 21.6 Å². The van der Waals surface area contributed by atoms with E-state index in [-0.39, 0.29) is 36.7 Å². The van der Waals surface area contributed by atoms with E-state index in [9.17, 15) is 18.4 Å². The fourth-order valence-corrected chi connectivity index (χ4v) is 2.32. The highest BCUT2D eigenvalue weighted by atomic mass is 19.3. The van der Waals surface area contributed by atoms with Crippen LogP contribution in [0.1, 0.15) is 18.4 Å². The number of halogens is 2. The first-order valence-corrected chi connectivity index (χ1v) is 6.08. The minimum absolute atomic E-state index is 0.0795. The highest BCUT2D eigenvalue weighted by molar-refractivity contribution is 5.51. The smallest absolute Gasteiger partial charge is 0.332 e. The van der Waals surface area contributed by atoms with Crippen molar-refractivity contribution in [3.8, 4) is 6.07 Å². The van der Waals surface area contributed by atoms with Gasteiger partial charge in [-0.05, 0) is 5.92 Å². The van der Waals surface area contributed by atoms with Crippen molar-refractivity contribution in [3.63, 3.8) is 0 Å². The molecule has 1 aliphatic rings. The van der Waals surface area contributed by atoms with E-state index in [0.717, 1.165) is 9.13 Å². The fourth-order valence-electron chi connectivity index (χ4n) is 2.32. The van der Waals surface area contributed by atoms with Crippen molar-refractivity contribution in [2.24, 2.45) is 20.0 Å². The lowest BCUT2D eigenvalue weighted by Gasteiger charge is -2.35. The third-order valence-corrected chi connectivity index (χ3v) is 3.51. The number of aromatic nitrogens is 2. The summed E-state index contributed by atoms with van der Waals surface area (Å²) in [7, 11) is 2.70. The molecular formula is C12H14F2N4O2. The van der Waals surface area contributed by atoms with E-state index in [0.29, 0.717) is 0 Å². The third-order valence-electron chi connectivity index (χ3n) is 3.51. The van der Waals surface area contributed by atoms with E-state index < -0.39 is 17.2 Å². The number of rotatable bonds is 3. The molecule has 1 saturated carbocycles. The number of nitriles is 1. The average Bonchev–Trinajstić information content (AvgIpc) is 2.36. The lowest BCUT2D eigenvalue weighted by molar-refractivity contribution is -0.106. The zero-order valence-electron chi connectivity index (χ0n) is 11.1. The summed E-state index contributed by atoms with van der Waals surface area (Å²) in [6, 6.07) is 1.75. The second-order valence-electron chi connectivity index (χ2n) is 5.05. The van der Waals surface area contributed by atoms with Gasteiger partial charge in [-0.3, -0.25) is 13.9 Å². The average molecular weight is 284 g/mol. The Balaban J connectivity index is 2.27. The minimum atomic E-state index is -2.62. The molecule has 0 saturated heterocycles. The molecule has 0 bridgehead atoms. The Hall–Kier alpha value is -2.17. The molecule has 0 unspecified atom stereocenters. The molecule has 1 fully saturated rings. The zero-order chi connectivity index (χ0) is 15.1. The van der Waals surface area contributed by atoms with Crippen molar-refractivity contribution in [1.82, 2.24) is 9.13 Å². The predicted octanol–water partition coefficient (Wildman–Crippen LogP) is 0.413. The van der Waals surface area contributed by atoms with Crippen LogP contribution < -0.4 is 16.6 Å². The minimum Gasteiger partial charge on any atom is -0.370 e. The van der Waals surface area contributed by atoms with Gasteiger partial charge >= 0.3 is 5.69 Å². The van der Waals surface area contributed by atoms with E-state index >= 15 is 0 Å². The Kier molecular flexibility index (Phi) is 3.38. The summed E-state index contributed by atoms with van der Waals surface area (Å²) in [6.07, 6.45) is -0.443. The Morgan fingerprint density at radius 1 is 1.35 bits per heavy atom. The van der Waals surface area contributed by atoms with Gasteiger partial charge in [0.1, 0.15) is 11.9 Å². The summed E-state index contributed by atoms with van der Waals surface area (Å²) in [5.74, 6) is -2.77. The first-order chi connectivity index (χ1) is 9.26. The maximum absolute atomic E-state index is 12.7. The van der Waals surface area contributed by atoms with Gasteiger partial charge in [-0.2, -0.15) is 5.26 Å². The number of anilines is 1. The normalized spacial score (nSPS) is 17.4. The molecule has 1 aromatic heterocycles. The van der Waals surface area contributed by atoms with Crippen LogP contribution in [0.15, 0.2) is 9.59 Å². The Morgan fingerprint density at radius 3 is 2.45 bits per heavy atom. The molecule has 0 aliphatic heterocycles. The van der Waals surface area contributed by atoms with E-state index in [4.69, 9.17) is 5.26 Å². The van der Waals surface area contributed by atoms with Gasteiger partial charge < -0.3 is 5.32 Å². The van der Waals surface area contributed by atoms with Gasteiger partial charge in [-0.1, -0.05) is 0 Å². The maximum atomic E-state index is 12.7. The molecule has 0 aromatic carbocycles. The summed E-state index contributed by atoms with van der Waals surface area (Å²) in [5, 5.41) is 11.8. The van der Waals surface area contributed by atoms with Gasteiger partial charge in [0.25, 0.3) is 5.56 Å². The van der Waals surface area contributed by atoms with Gasteiger partial charge in [0, 0.05) is 33.5 Å². The van der Waals surface area contributed by atoms with Crippen LogP contribution in [0.4, 0.5) is 14.6 Å². The number of nitrogens with one attached hydrogen (secondary N) is 1. The van der Waals surface area contributed by atoms with Crippen LogP contribution >= 0.6 is 0 Å². The first kappa shape index (κ1) is 14.2. The molecule has 2 rings (SSSR count). The lowest BCUT2D eigenvalue weighted by Crippen LogP contribution is -2.42. The van der Waals surface area contributed by atoms with Gasteiger partial charge in [-0.25, -0.2) is 13.6 Å². The molecule has 0 amide bonds. The number of hydrogen-bond donors (Lipinski definition) is 1. The molecule has 20 heavy (non-hydrogen) atoms. The van der Waals surface area contributed by atoms with Gasteiger partial charge in [0.2, 0.25) is 5.92 Å². The van der Waals surface area contributed by atoms with Crippen LogP contribution in [0, 0.1) is 17.2 Å². The molecule has 0 radical (unpaired) electrons. The van der Waals surface area contributed by atoms with Crippen molar-refractivity contribution in [3.05, 3.63) is 26.4 Å². The van der Waals surface area contributed by atoms with Gasteiger partial charge in [0.15, 0.2) is 5.56 Å². The number of alkyl halides is 2. The summed E-state index contributed by atoms with van der Waals surface area (Å²) >= 11 is 0. The fraction of sp³-hybridized carbons (Fsp3) is 0.583. The van der Waals surface area contributed by atoms with Crippen LogP contribution in [0.5, 0.6) is 0 Å². The quantitative estimate of drug-likeness (QED) is 0.872. The highest BCUT2D eigenvalue weighted by Crippen LogP contribution is 2.42. The van der Waals surface area contributed by atoms with Crippen molar-refractivity contribution in [2.45, 2.75) is 18.8 Å². The van der Waals surface area contributed by atoms with E-state index in [1.54, 1.807) is 6.07 Å². The van der Waals surface area contributed by atoms with Crippen molar-refractivity contribution in [2.75, 3.05) is 11.9 Å². The Labute approximate surface area is 113 Å². The molecule has 0 spiro atoms. The SMILES string of the molecule is Cn1c(NCC2CC(F)(F)C2)c(C#N)c(=O)n(C)c1=O. The molecular weight excluding hydrogens is 270 g/mol. The highest BCUT2D eigenvalue weighted by Gasteiger charge is 2.44. The van der Waals surface area contributed by atoms with Crippen molar-refractivity contribution < 1.29 is 8.78 Å². The summed E-state index contributed by atoms with van der Waals surface area (Å²) < 4.78 is 27.4. The third kappa shape index (κ3) is 2.31. The van der Waals surface area contributed by atoms with E-state index in [1.807, 2.05) is 0 Å². The van der Waals surface area contributed by atoms with Gasteiger partial charge in [-0.15, -0.1) is 0 Å². The first-order valence-electron chi connectivity index (χ1n) is 6.08. The Morgan fingerprint density at radius 2 is 1.95 bits per heavy atom. The van der Waals surface area contributed by atoms with E-state index in [1.165, 1.54) is 14.1 Å². The lowest BCUT2D eigenvalue weighted by atomic mass is 9.81. The van der Waals surface area contributed by atoms with Crippen LogP contribution in [-0.2, 0) is 14.1 Å². The topological polar surface area (TPSA) is 79.8 Å². The number of nitrogens with zero attached hydrogens (tertiary/aromatic N) is 3. The van der Waals surface area contributed by atoms with Crippen molar-refractivity contribution >= 4 is 5.82 Å². The standard InChI is InChI=1S/C12H14F2N4O2/c1-17-9(16-6-7-3-12(13,14)4-7)8(5-15)10(19)18(2)11(17)20/h7,16H,3-4,6H2,1-2H3. The molecule has 1 aliphatic carbocycles. The van der Waals surface area contributed by atoms with Crippen LogP contribution in [0.3, 0.4) is 0 Å². The van der Waals surface area contributed by atoms with Crippen LogP contribution in [0.25, 0.3) is 0 Å². The largest absolute Gasteiger partial charge is 0.370 e. The summed E-state index contributed by atoms with van der Waals surface area (Å²) in [5.41, 5.74) is -1.46. The molecule has 0 atom stereocenters. The molecule has 1 aromatic rings. The number of hydrogen-bond acceptors (Lipinski definition) is 4. The second-order valence-corrected chi connectivity index (χ2v) is 5.05. The molecule has 8 heteroatoms. The van der Waals surface area contributed by atoms with Crippen LogP contribution in [0.2, 0.25) is 0 Å². The van der Waals surface area contributed by atoms with Gasteiger partial charge in [0.05, 0.1) is 0 Å². The Bertz CT molecular complexity index is 691.